The number of benzene rings is 1. The third kappa shape index (κ3) is 3.88. The van der Waals surface area contributed by atoms with Crippen LogP contribution < -0.4 is 5.73 Å². The molecule has 0 aliphatic carbocycles. The Balaban J connectivity index is 2.15. The van der Waals surface area contributed by atoms with Crippen LogP contribution in [-0.4, -0.2) is 31.0 Å². The Labute approximate surface area is 117 Å². The summed E-state index contributed by atoms with van der Waals surface area (Å²) in [5, 5.41) is 0.491. The van der Waals surface area contributed by atoms with E-state index in [1.54, 1.807) is 24.8 Å². The standard InChI is InChI=1S/C14H19NO3S/c1-2-18-14(16)12-9-10(15)3-4-13(12)19-11-5-7-17-8-6-11/h3-4,9,11H,2,5-8,15H2,1H3. The monoisotopic (exact) mass is 281 g/mol. The Hall–Kier alpha value is -1.20. The minimum Gasteiger partial charge on any atom is -0.462 e. The average Bonchev–Trinajstić information content (AvgIpc) is 2.42. The summed E-state index contributed by atoms with van der Waals surface area (Å²) in [6.45, 7) is 3.76. The fourth-order valence-electron chi connectivity index (χ4n) is 1.99. The highest BCUT2D eigenvalue weighted by atomic mass is 32.2. The molecular formula is C14H19NO3S. The van der Waals surface area contributed by atoms with Crippen molar-refractivity contribution in [1.29, 1.82) is 0 Å². The van der Waals surface area contributed by atoms with Crippen molar-refractivity contribution in [1.82, 2.24) is 0 Å². The van der Waals surface area contributed by atoms with Gasteiger partial charge in [-0.05, 0) is 38.0 Å². The zero-order valence-corrected chi connectivity index (χ0v) is 11.9. The lowest BCUT2D eigenvalue weighted by Crippen LogP contribution is -2.18. The third-order valence-electron chi connectivity index (χ3n) is 2.96. The number of carbonyl (C=O) groups is 1. The van der Waals surface area contributed by atoms with Gasteiger partial charge >= 0.3 is 5.97 Å². The van der Waals surface area contributed by atoms with Crippen molar-refractivity contribution in [2.24, 2.45) is 0 Å². The molecule has 1 heterocycles. The molecule has 2 rings (SSSR count). The molecule has 1 aliphatic rings. The van der Waals surface area contributed by atoms with Crippen LogP contribution in [0.1, 0.15) is 30.1 Å². The number of nitrogen functional groups attached to an aromatic ring is 1. The van der Waals surface area contributed by atoms with Crippen LogP contribution in [0.15, 0.2) is 23.1 Å². The molecule has 0 saturated carbocycles. The Bertz CT molecular complexity index is 444. The van der Waals surface area contributed by atoms with Crippen molar-refractivity contribution in [3.05, 3.63) is 23.8 Å². The molecule has 0 atom stereocenters. The zero-order valence-electron chi connectivity index (χ0n) is 11.1. The number of anilines is 1. The van der Waals surface area contributed by atoms with E-state index in [1.165, 1.54) is 0 Å². The molecule has 0 amide bonds. The topological polar surface area (TPSA) is 61.5 Å². The maximum absolute atomic E-state index is 11.9. The molecule has 0 spiro atoms. The molecule has 5 heteroatoms. The molecule has 0 radical (unpaired) electrons. The van der Waals surface area contributed by atoms with E-state index in [2.05, 4.69) is 0 Å². The minimum atomic E-state index is -0.302. The van der Waals surface area contributed by atoms with Gasteiger partial charge in [0.15, 0.2) is 0 Å². The molecule has 1 fully saturated rings. The first-order valence-corrected chi connectivity index (χ1v) is 7.39. The first-order valence-electron chi connectivity index (χ1n) is 6.51. The smallest absolute Gasteiger partial charge is 0.339 e. The van der Waals surface area contributed by atoms with Gasteiger partial charge in [-0.25, -0.2) is 4.79 Å². The highest BCUT2D eigenvalue weighted by molar-refractivity contribution is 8.00. The van der Waals surface area contributed by atoms with Crippen molar-refractivity contribution in [2.45, 2.75) is 29.9 Å². The van der Waals surface area contributed by atoms with E-state index >= 15 is 0 Å². The number of rotatable bonds is 4. The van der Waals surface area contributed by atoms with Crippen molar-refractivity contribution in [2.75, 3.05) is 25.6 Å². The molecule has 2 N–H and O–H groups in total. The predicted molar refractivity (Wildman–Crippen MR) is 76.5 cm³/mol. The Kier molecular flexibility index (Phi) is 5.10. The summed E-state index contributed by atoms with van der Waals surface area (Å²) in [6, 6.07) is 5.42. The Morgan fingerprint density at radius 1 is 1.47 bits per heavy atom. The molecule has 19 heavy (non-hydrogen) atoms. The van der Waals surface area contributed by atoms with Crippen molar-refractivity contribution in [3.63, 3.8) is 0 Å². The van der Waals surface area contributed by atoms with Gasteiger partial charge in [0.1, 0.15) is 0 Å². The lowest BCUT2D eigenvalue weighted by molar-refractivity contribution is 0.0522. The highest BCUT2D eigenvalue weighted by Gasteiger charge is 2.19. The molecule has 0 unspecified atom stereocenters. The predicted octanol–water partition coefficient (Wildman–Crippen LogP) is 2.72. The van der Waals surface area contributed by atoms with Gasteiger partial charge in [0.2, 0.25) is 0 Å². The average molecular weight is 281 g/mol. The number of hydrogen-bond acceptors (Lipinski definition) is 5. The normalized spacial score (nSPS) is 16.3. The van der Waals surface area contributed by atoms with Crippen LogP contribution in [0.25, 0.3) is 0 Å². The molecule has 1 aliphatic heterocycles. The number of ether oxygens (including phenoxy) is 2. The van der Waals surface area contributed by atoms with Gasteiger partial charge in [-0.2, -0.15) is 0 Å². The summed E-state index contributed by atoms with van der Waals surface area (Å²) in [5.74, 6) is -0.302. The van der Waals surface area contributed by atoms with Crippen LogP contribution in [0.3, 0.4) is 0 Å². The van der Waals surface area contributed by atoms with Gasteiger partial charge in [-0.1, -0.05) is 0 Å². The van der Waals surface area contributed by atoms with Crippen LogP contribution in [0, 0.1) is 0 Å². The van der Waals surface area contributed by atoms with E-state index in [0.717, 1.165) is 31.0 Å². The number of nitrogens with two attached hydrogens (primary N) is 1. The highest BCUT2D eigenvalue weighted by Crippen LogP contribution is 2.33. The molecule has 1 aromatic rings. The second-order valence-electron chi connectivity index (χ2n) is 4.41. The molecule has 4 nitrogen and oxygen atoms in total. The van der Waals surface area contributed by atoms with E-state index in [4.69, 9.17) is 15.2 Å². The molecule has 0 bridgehead atoms. The summed E-state index contributed by atoms with van der Waals surface area (Å²) >= 11 is 1.72. The quantitative estimate of drug-likeness (QED) is 0.679. The number of carbonyl (C=O) groups excluding carboxylic acids is 1. The maximum Gasteiger partial charge on any atom is 0.339 e. The first kappa shape index (κ1) is 14.2. The molecule has 1 saturated heterocycles. The summed E-state index contributed by atoms with van der Waals surface area (Å²) in [5.41, 5.74) is 6.91. The van der Waals surface area contributed by atoms with Crippen LogP contribution >= 0.6 is 11.8 Å². The fraction of sp³-hybridized carbons (Fsp3) is 0.500. The van der Waals surface area contributed by atoms with E-state index in [-0.39, 0.29) is 5.97 Å². The second-order valence-corrected chi connectivity index (χ2v) is 5.75. The number of thioether (sulfide) groups is 1. The van der Waals surface area contributed by atoms with Crippen LogP contribution in [0.2, 0.25) is 0 Å². The number of esters is 1. The van der Waals surface area contributed by atoms with Crippen LogP contribution in [-0.2, 0) is 9.47 Å². The molecule has 0 aromatic heterocycles. The van der Waals surface area contributed by atoms with Gasteiger partial charge in [0.05, 0.1) is 12.2 Å². The third-order valence-corrected chi connectivity index (χ3v) is 4.38. The van der Waals surface area contributed by atoms with Crippen LogP contribution in [0.4, 0.5) is 5.69 Å². The number of hydrogen-bond donors (Lipinski definition) is 1. The van der Waals surface area contributed by atoms with Gasteiger partial charge < -0.3 is 15.2 Å². The molecule has 1 aromatic carbocycles. The first-order chi connectivity index (χ1) is 9.20. The Morgan fingerprint density at radius 2 is 2.21 bits per heavy atom. The molecular weight excluding hydrogens is 262 g/mol. The fourth-order valence-corrected chi connectivity index (χ4v) is 3.20. The van der Waals surface area contributed by atoms with E-state index in [0.29, 0.717) is 23.1 Å². The maximum atomic E-state index is 11.9. The zero-order chi connectivity index (χ0) is 13.7. The van der Waals surface area contributed by atoms with E-state index in [9.17, 15) is 4.79 Å². The van der Waals surface area contributed by atoms with Crippen molar-refractivity contribution >= 4 is 23.4 Å². The van der Waals surface area contributed by atoms with E-state index in [1.807, 2.05) is 12.1 Å². The lowest BCUT2D eigenvalue weighted by Gasteiger charge is -2.22. The van der Waals surface area contributed by atoms with E-state index < -0.39 is 0 Å². The summed E-state index contributed by atoms with van der Waals surface area (Å²) < 4.78 is 10.4. The van der Waals surface area contributed by atoms with Crippen molar-refractivity contribution in [3.8, 4) is 0 Å². The van der Waals surface area contributed by atoms with Crippen LogP contribution in [0.5, 0.6) is 0 Å². The SMILES string of the molecule is CCOC(=O)c1cc(N)ccc1SC1CCOCC1. The van der Waals surface area contributed by atoms with Gasteiger partial charge in [-0.15, -0.1) is 11.8 Å². The largest absolute Gasteiger partial charge is 0.462 e. The summed E-state index contributed by atoms with van der Waals surface area (Å²) in [6.07, 6.45) is 2.02. The summed E-state index contributed by atoms with van der Waals surface area (Å²) in [7, 11) is 0. The minimum absolute atomic E-state index is 0.302. The second kappa shape index (κ2) is 6.82. The van der Waals surface area contributed by atoms with Gasteiger partial charge in [0.25, 0.3) is 0 Å². The van der Waals surface area contributed by atoms with Gasteiger partial charge in [0, 0.05) is 29.0 Å². The van der Waals surface area contributed by atoms with Crippen molar-refractivity contribution < 1.29 is 14.3 Å². The van der Waals surface area contributed by atoms with Gasteiger partial charge in [-0.3, -0.25) is 0 Å². The molecule has 104 valence electrons. The lowest BCUT2D eigenvalue weighted by atomic mass is 10.2. The Morgan fingerprint density at radius 3 is 2.89 bits per heavy atom. The summed E-state index contributed by atoms with van der Waals surface area (Å²) in [4.78, 5) is 12.9.